The third-order valence-corrected chi connectivity index (χ3v) is 5.20. The summed E-state index contributed by atoms with van der Waals surface area (Å²) in [5.41, 5.74) is 3.87. The van der Waals surface area contributed by atoms with E-state index in [9.17, 15) is 0 Å². The van der Waals surface area contributed by atoms with Gasteiger partial charge in [-0.15, -0.1) is 11.6 Å². The maximum atomic E-state index is 6.08. The highest BCUT2D eigenvalue weighted by molar-refractivity contribution is 8.00. The van der Waals surface area contributed by atoms with Gasteiger partial charge in [0.25, 0.3) is 0 Å². The number of halogens is 1. The molecule has 2 atom stereocenters. The van der Waals surface area contributed by atoms with E-state index in [4.69, 9.17) is 11.6 Å². The van der Waals surface area contributed by atoms with Crippen LogP contribution in [0, 0.1) is 6.92 Å². The van der Waals surface area contributed by atoms with Gasteiger partial charge in [0, 0.05) is 35.2 Å². The molecule has 1 heterocycles. The minimum absolute atomic E-state index is 0.582. The summed E-state index contributed by atoms with van der Waals surface area (Å²) in [6.07, 6.45) is 0. The van der Waals surface area contributed by atoms with Crippen LogP contribution in [0.25, 0.3) is 0 Å². The normalized spacial score (nSPS) is 25.1. The first kappa shape index (κ1) is 13.1. The van der Waals surface area contributed by atoms with Gasteiger partial charge in [-0.25, -0.2) is 0 Å². The van der Waals surface area contributed by atoms with Crippen LogP contribution in [0.2, 0.25) is 0 Å². The van der Waals surface area contributed by atoms with E-state index in [0.717, 1.165) is 6.54 Å². The molecule has 0 saturated carbocycles. The van der Waals surface area contributed by atoms with Crippen LogP contribution in [0.5, 0.6) is 0 Å². The van der Waals surface area contributed by atoms with Gasteiger partial charge in [-0.2, -0.15) is 11.8 Å². The molecule has 3 heteroatoms. The van der Waals surface area contributed by atoms with Crippen LogP contribution >= 0.6 is 23.4 Å². The van der Waals surface area contributed by atoms with E-state index in [2.05, 4.69) is 55.6 Å². The zero-order chi connectivity index (χ0) is 12.4. The highest BCUT2D eigenvalue weighted by atomic mass is 35.5. The van der Waals surface area contributed by atoms with Gasteiger partial charge in [0.15, 0.2) is 0 Å². The van der Waals surface area contributed by atoms with Crippen molar-refractivity contribution < 1.29 is 0 Å². The second kappa shape index (κ2) is 5.53. The average molecular weight is 270 g/mol. The molecule has 0 radical (unpaired) electrons. The van der Waals surface area contributed by atoms with E-state index in [1.54, 1.807) is 0 Å². The number of thioether (sulfide) groups is 1. The molecule has 1 fully saturated rings. The van der Waals surface area contributed by atoms with Gasteiger partial charge in [0.05, 0.1) is 0 Å². The van der Waals surface area contributed by atoms with Crippen molar-refractivity contribution in [3.63, 3.8) is 0 Å². The van der Waals surface area contributed by atoms with Crippen molar-refractivity contribution in [1.29, 1.82) is 0 Å². The highest BCUT2D eigenvalue weighted by Gasteiger charge is 2.26. The molecule has 1 aliphatic heterocycles. The average Bonchev–Trinajstić information content (AvgIpc) is 2.33. The van der Waals surface area contributed by atoms with Crippen LogP contribution in [0.3, 0.4) is 0 Å². The van der Waals surface area contributed by atoms with Crippen LogP contribution in [-0.2, 0) is 5.88 Å². The lowest BCUT2D eigenvalue weighted by atomic mass is 10.1. The van der Waals surface area contributed by atoms with Gasteiger partial charge >= 0.3 is 0 Å². The van der Waals surface area contributed by atoms with Crippen molar-refractivity contribution in [2.45, 2.75) is 37.9 Å². The van der Waals surface area contributed by atoms with Crippen molar-refractivity contribution in [3.8, 4) is 0 Å². The topological polar surface area (TPSA) is 3.24 Å². The van der Waals surface area contributed by atoms with E-state index in [1.165, 1.54) is 22.6 Å². The first-order chi connectivity index (χ1) is 8.13. The largest absolute Gasteiger partial charge is 0.367 e. The predicted octanol–water partition coefficient (Wildman–Crippen LogP) is 4.06. The molecular formula is C14H20ClNS. The third kappa shape index (κ3) is 2.74. The van der Waals surface area contributed by atoms with Gasteiger partial charge in [-0.1, -0.05) is 24.6 Å². The molecule has 0 aliphatic carbocycles. The van der Waals surface area contributed by atoms with Crippen molar-refractivity contribution in [2.24, 2.45) is 0 Å². The molecule has 1 aromatic carbocycles. The Bertz CT molecular complexity index is 394. The lowest BCUT2D eigenvalue weighted by Gasteiger charge is -2.40. The molecule has 1 nitrogen and oxygen atoms in total. The second-order valence-electron chi connectivity index (χ2n) is 4.78. The minimum Gasteiger partial charge on any atom is -0.367 e. The summed E-state index contributed by atoms with van der Waals surface area (Å²) in [5, 5.41) is 0.688. The first-order valence-electron chi connectivity index (χ1n) is 6.17. The number of rotatable bonds is 2. The first-order valence-corrected chi connectivity index (χ1v) is 7.75. The molecule has 0 bridgehead atoms. The van der Waals surface area contributed by atoms with Crippen LogP contribution in [0.4, 0.5) is 5.69 Å². The van der Waals surface area contributed by atoms with Crippen molar-refractivity contribution >= 4 is 29.1 Å². The molecular weight excluding hydrogens is 250 g/mol. The Morgan fingerprint density at radius 1 is 1.41 bits per heavy atom. The van der Waals surface area contributed by atoms with Crippen molar-refractivity contribution in [1.82, 2.24) is 0 Å². The standard InChI is InChI=1S/C14H20ClNS/c1-10-4-5-14(13(8-10)9-15)16-6-7-17-12(3)11(16)2/h4-5,8,11-12H,6-7,9H2,1-3H3. The van der Waals surface area contributed by atoms with Crippen molar-refractivity contribution in [2.75, 3.05) is 17.2 Å². The molecule has 94 valence electrons. The van der Waals surface area contributed by atoms with Gasteiger partial charge in [0.1, 0.15) is 0 Å². The zero-order valence-electron chi connectivity index (χ0n) is 10.7. The molecule has 1 aromatic rings. The fourth-order valence-corrected chi connectivity index (χ4v) is 3.69. The minimum atomic E-state index is 0.582. The number of nitrogens with zero attached hydrogens (tertiary/aromatic N) is 1. The molecule has 0 spiro atoms. The maximum Gasteiger partial charge on any atom is 0.0494 e. The van der Waals surface area contributed by atoms with E-state index in [0.29, 0.717) is 17.2 Å². The Kier molecular flexibility index (Phi) is 4.26. The quantitative estimate of drug-likeness (QED) is 0.745. The molecule has 2 unspecified atom stereocenters. The molecule has 0 aromatic heterocycles. The molecule has 0 N–H and O–H groups in total. The lowest BCUT2D eigenvalue weighted by molar-refractivity contribution is 0.626. The number of hydrogen-bond donors (Lipinski definition) is 0. The summed E-state index contributed by atoms with van der Waals surface area (Å²) in [5.74, 6) is 1.81. The van der Waals surface area contributed by atoms with Gasteiger partial charge < -0.3 is 4.90 Å². The molecule has 17 heavy (non-hydrogen) atoms. The second-order valence-corrected chi connectivity index (χ2v) is 6.53. The van der Waals surface area contributed by atoms with E-state index in [-0.39, 0.29) is 0 Å². The molecule has 1 saturated heterocycles. The number of anilines is 1. The van der Waals surface area contributed by atoms with Crippen LogP contribution in [0.15, 0.2) is 18.2 Å². The van der Waals surface area contributed by atoms with Crippen molar-refractivity contribution in [3.05, 3.63) is 29.3 Å². The molecule has 0 amide bonds. The summed E-state index contributed by atoms with van der Waals surface area (Å²) in [6.45, 7) is 7.88. The molecule has 2 rings (SSSR count). The monoisotopic (exact) mass is 269 g/mol. The lowest BCUT2D eigenvalue weighted by Crippen LogP contribution is -2.45. The third-order valence-electron chi connectivity index (χ3n) is 3.57. The fourth-order valence-electron chi connectivity index (χ4n) is 2.37. The van der Waals surface area contributed by atoms with E-state index < -0.39 is 0 Å². The SMILES string of the molecule is Cc1ccc(N2CCSC(C)C2C)c(CCl)c1. The number of alkyl halides is 1. The number of benzene rings is 1. The number of aryl methyl sites for hydroxylation is 1. The van der Waals surface area contributed by atoms with Gasteiger partial charge in [0.2, 0.25) is 0 Å². The van der Waals surface area contributed by atoms with Crippen LogP contribution < -0.4 is 4.90 Å². The predicted molar refractivity (Wildman–Crippen MR) is 79.5 cm³/mol. The molecule has 1 aliphatic rings. The Hall–Kier alpha value is -0.340. The fraction of sp³-hybridized carbons (Fsp3) is 0.571. The Morgan fingerprint density at radius 2 is 2.18 bits per heavy atom. The zero-order valence-corrected chi connectivity index (χ0v) is 12.3. The van der Waals surface area contributed by atoms with E-state index >= 15 is 0 Å². The van der Waals surface area contributed by atoms with Gasteiger partial charge in [-0.05, 0) is 25.5 Å². The summed E-state index contributed by atoms with van der Waals surface area (Å²) < 4.78 is 0. The van der Waals surface area contributed by atoms with Gasteiger partial charge in [-0.3, -0.25) is 0 Å². The summed E-state index contributed by atoms with van der Waals surface area (Å²) >= 11 is 8.14. The summed E-state index contributed by atoms with van der Waals surface area (Å²) in [6, 6.07) is 7.21. The van der Waals surface area contributed by atoms with Crippen LogP contribution in [0.1, 0.15) is 25.0 Å². The maximum absolute atomic E-state index is 6.08. The van der Waals surface area contributed by atoms with Crippen LogP contribution in [-0.4, -0.2) is 23.6 Å². The number of hydrogen-bond acceptors (Lipinski definition) is 2. The Labute approximate surface area is 114 Å². The Morgan fingerprint density at radius 3 is 2.88 bits per heavy atom. The van der Waals surface area contributed by atoms with E-state index in [1.807, 2.05) is 0 Å². The summed E-state index contributed by atoms with van der Waals surface area (Å²) in [4.78, 5) is 2.51. The summed E-state index contributed by atoms with van der Waals surface area (Å²) in [7, 11) is 0. The Balaban J connectivity index is 2.32. The smallest absolute Gasteiger partial charge is 0.0494 e. The highest BCUT2D eigenvalue weighted by Crippen LogP contribution is 2.32.